The highest BCUT2D eigenvalue weighted by molar-refractivity contribution is 5.91. The molecule has 5 nitrogen and oxygen atoms in total. The predicted molar refractivity (Wildman–Crippen MR) is 120 cm³/mol. The van der Waals surface area contributed by atoms with E-state index in [-0.39, 0.29) is 42.3 Å². The van der Waals surface area contributed by atoms with E-state index in [4.69, 9.17) is 14.2 Å². The molecule has 0 radical (unpaired) electrons. The minimum atomic E-state index is -0.383. The summed E-state index contributed by atoms with van der Waals surface area (Å²) in [5.41, 5.74) is 2.29. The summed E-state index contributed by atoms with van der Waals surface area (Å²) in [4.78, 5) is 24.6. The molecule has 2 heterocycles. The van der Waals surface area contributed by atoms with E-state index in [1.807, 2.05) is 25.1 Å². The van der Waals surface area contributed by atoms with Crippen molar-refractivity contribution in [1.82, 2.24) is 0 Å². The molecule has 0 aliphatic carbocycles. The van der Waals surface area contributed by atoms with Crippen LogP contribution in [-0.2, 0) is 25.4 Å². The van der Waals surface area contributed by atoms with E-state index in [9.17, 15) is 9.59 Å². The second-order valence-corrected chi connectivity index (χ2v) is 8.36. The molecular weight excluding hydrogens is 392 g/mol. The summed E-state index contributed by atoms with van der Waals surface area (Å²) >= 11 is 0. The van der Waals surface area contributed by atoms with Crippen LogP contribution in [0.2, 0.25) is 0 Å². The molecule has 2 aliphatic rings. The van der Waals surface area contributed by atoms with Crippen molar-refractivity contribution in [2.75, 3.05) is 6.61 Å². The van der Waals surface area contributed by atoms with Crippen LogP contribution in [-0.4, -0.2) is 36.4 Å². The van der Waals surface area contributed by atoms with Gasteiger partial charge in [-0.2, -0.15) is 0 Å². The van der Waals surface area contributed by atoms with Gasteiger partial charge in [0.05, 0.1) is 11.2 Å². The Kier molecular flexibility index (Phi) is 6.96. The smallest absolute Gasteiger partial charge is 0.338 e. The number of hydrogen-bond acceptors (Lipinski definition) is 5. The largest absolute Gasteiger partial charge is 0.458 e. The van der Waals surface area contributed by atoms with Gasteiger partial charge in [0.2, 0.25) is 0 Å². The molecule has 2 fully saturated rings. The summed E-state index contributed by atoms with van der Waals surface area (Å²) in [6.45, 7) is 17.6. The molecule has 2 saturated heterocycles. The maximum atomic E-state index is 12.5. The minimum absolute atomic E-state index is 0.119. The lowest BCUT2D eigenvalue weighted by molar-refractivity contribution is -0.140. The molecule has 0 N–H and O–H groups in total. The van der Waals surface area contributed by atoms with Gasteiger partial charge in [-0.3, -0.25) is 0 Å². The van der Waals surface area contributed by atoms with Crippen LogP contribution < -0.4 is 0 Å². The fraction of sp³-hybridized carbons (Fsp3) is 0.385. The van der Waals surface area contributed by atoms with Crippen molar-refractivity contribution in [3.63, 3.8) is 0 Å². The number of rotatable bonds is 11. The summed E-state index contributed by atoms with van der Waals surface area (Å²) in [5.74, 6) is -0.904. The van der Waals surface area contributed by atoms with Crippen molar-refractivity contribution in [2.24, 2.45) is 5.92 Å². The van der Waals surface area contributed by atoms with Crippen molar-refractivity contribution in [1.29, 1.82) is 0 Å². The van der Waals surface area contributed by atoms with Crippen LogP contribution in [0.3, 0.4) is 0 Å². The number of hydrogen-bond donors (Lipinski definition) is 0. The van der Waals surface area contributed by atoms with Gasteiger partial charge in [-0.05, 0) is 49.8 Å². The fourth-order valence-electron chi connectivity index (χ4n) is 4.09. The zero-order valence-corrected chi connectivity index (χ0v) is 18.1. The zero-order chi connectivity index (χ0) is 22.6. The number of carbonyl (C=O) groups is 2. The van der Waals surface area contributed by atoms with Crippen LogP contribution in [0.15, 0.2) is 73.9 Å². The molecular formula is C26H30O5. The van der Waals surface area contributed by atoms with E-state index >= 15 is 0 Å². The Morgan fingerprint density at radius 2 is 2.00 bits per heavy atom. The second kappa shape index (κ2) is 9.48. The molecule has 0 unspecified atom stereocenters. The quantitative estimate of drug-likeness (QED) is 0.223. The molecule has 0 spiro atoms. The Morgan fingerprint density at radius 3 is 2.71 bits per heavy atom. The van der Waals surface area contributed by atoms with Crippen LogP contribution in [0.4, 0.5) is 0 Å². The number of allylic oxidation sites excluding steroid dienone is 1. The van der Waals surface area contributed by atoms with Crippen molar-refractivity contribution in [3.05, 3.63) is 85.0 Å². The molecule has 0 saturated carbocycles. The second-order valence-electron chi connectivity index (χ2n) is 8.36. The maximum Gasteiger partial charge on any atom is 0.338 e. The Hall–Kier alpha value is -2.92. The summed E-state index contributed by atoms with van der Waals surface area (Å²) in [6.07, 6.45) is 5.55. The van der Waals surface area contributed by atoms with Crippen molar-refractivity contribution in [2.45, 2.75) is 50.4 Å². The monoisotopic (exact) mass is 422 g/mol. The third-order valence-corrected chi connectivity index (χ3v) is 5.96. The van der Waals surface area contributed by atoms with Crippen LogP contribution in [0, 0.1) is 5.92 Å². The van der Waals surface area contributed by atoms with Gasteiger partial charge < -0.3 is 14.2 Å². The summed E-state index contributed by atoms with van der Waals surface area (Å²) in [5, 5.41) is 0. The summed E-state index contributed by atoms with van der Waals surface area (Å²) in [7, 11) is 0. The molecule has 5 heteroatoms. The van der Waals surface area contributed by atoms with Gasteiger partial charge in [0.25, 0.3) is 0 Å². The number of esters is 2. The van der Waals surface area contributed by atoms with Crippen LogP contribution in [0.25, 0.3) is 0 Å². The van der Waals surface area contributed by atoms with Crippen LogP contribution >= 0.6 is 0 Å². The molecule has 0 bridgehead atoms. The molecule has 1 aromatic carbocycles. The lowest BCUT2D eigenvalue weighted by atomic mass is 9.86. The normalized spacial score (nSPS) is 26.8. The van der Waals surface area contributed by atoms with Gasteiger partial charge in [-0.1, -0.05) is 43.5 Å². The molecule has 0 amide bonds. The number of epoxide rings is 1. The molecule has 2 aliphatic heterocycles. The van der Waals surface area contributed by atoms with Crippen molar-refractivity contribution < 1.29 is 23.8 Å². The van der Waals surface area contributed by atoms with E-state index < -0.39 is 0 Å². The number of ether oxygens (including phenoxy) is 3. The Balaban J connectivity index is 1.53. The van der Waals surface area contributed by atoms with Gasteiger partial charge in [0, 0.05) is 11.5 Å². The molecule has 4 atom stereocenters. The first-order valence-electron chi connectivity index (χ1n) is 10.5. The van der Waals surface area contributed by atoms with Gasteiger partial charge in [0.1, 0.15) is 18.8 Å². The van der Waals surface area contributed by atoms with Gasteiger partial charge in [-0.15, -0.1) is 13.2 Å². The lowest BCUT2D eigenvalue weighted by Gasteiger charge is -2.18. The maximum absolute atomic E-state index is 12.5. The highest BCUT2D eigenvalue weighted by Crippen LogP contribution is 2.48. The fourth-order valence-corrected chi connectivity index (χ4v) is 4.09. The Labute approximate surface area is 184 Å². The molecule has 0 aromatic heterocycles. The highest BCUT2D eigenvalue weighted by atomic mass is 16.6. The van der Waals surface area contributed by atoms with Crippen LogP contribution in [0.1, 0.15) is 42.1 Å². The van der Waals surface area contributed by atoms with Crippen LogP contribution in [0.5, 0.6) is 0 Å². The Bertz CT molecular complexity index is 914. The number of carbonyl (C=O) groups excluding carboxylic acids is 2. The van der Waals surface area contributed by atoms with E-state index in [1.165, 1.54) is 0 Å². The van der Waals surface area contributed by atoms with Gasteiger partial charge in [-0.25, -0.2) is 9.59 Å². The third-order valence-electron chi connectivity index (χ3n) is 5.96. The molecule has 1 aromatic rings. The van der Waals surface area contributed by atoms with Crippen molar-refractivity contribution in [3.8, 4) is 0 Å². The van der Waals surface area contributed by atoms with E-state index in [0.717, 1.165) is 11.1 Å². The van der Waals surface area contributed by atoms with Crippen molar-refractivity contribution >= 4 is 11.9 Å². The number of cyclic esters (lactones) is 1. The average Bonchev–Trinajstić information content (AvgIpc) is 3.33. The minimum Gasteiger partial charge on any atom is -0.458 e. The summed E-state index contributed by atoms with van der Waals surface area (Å²) in [6, 6.07) is 7.32. The standard InChI is InChI=1S/C26H30O5/c1-6-10-19-11-8-9-12-21(19)25(28)29-16-17(3)13-14-20-18(4)24(27)30-22(20)23-26(5,31-23)15-7-2/h6-9,11-12,20,22-23H,1-4,10,13-16H2,5H3/t20-,22-,23+,26+/m0/s1. The molecule has 3 rings (SSSR count). The average molecular weight is 423 g/mol. The SMILES string of the molecule is C=CCc1ccccc1C(=O)OCC(=C)CC[C@H]1C(=C)C(=O)O[C@@H]1[C@H]1O[C@]1(C)CC=C. The zero-order valence-electron chi connectivity index (χ0n) is 18.1. The molecule has 164 valence electrons. The third kappa shape index (κ3) is 5.05. The Morgan fingerprint density at radius 1 is 1.26 bits per heavy atom. The van der Waals surface area contributed by atoms with Gasteiger partial charge >= 0.3 is 11.9 Å². The lowest BCUT2D eigenvalue weighted by Crippen LogP contribution is -2.28. The number of benzene rings is 1. The molecule has 31 heavy (non-hydrogen) atoms. The topological polar surface area (TPSA) is 65.1 Å². The van der Waals surface area contributed by atoms with E-state index in [1.54, 1.807) is 18.2 Å². The van der Waals surface area contributed by atoms with E-state index in [2.05, 4.69) is 26.3 Å². The van der Waals surface area contributed by atoms with Gasteiger partial charge in [0.15, 0.2) is 0 Å². The summed E-state index contributed by atoms with van der Waals surface area (Å²) < 4.78 is 16.9. The highest BCUT2D eigenvalue weighted by Gasteiger charge is 2.61. The van der Waals surface area contributed by atoms with E-state index in [0.29, 0.717) is 36.8 Å². The predicted octanol–water partition coefficient (Wildman–Crippen LogP) is 4.74. The first-order valence-corrected chi connectivity index (χ1v) is 10.5. The first kappa shape index (κ1) is 22.8. The first-order chi connectivity index (χ1) is 14.8.